The highest BCUT2D eigenvalue weighted by Crippen LogP contribution is 2.32. The number of aryl methyl sites for hydroxylation is 1. The number of nitrogens with zero attached hydrogens (tertiary/aromatic N) is 2. The number of amides is 1. The Kier molecular flexibility index (Phi) is 6.57. The summed E-state index contributed by atoms with van der Waals surface area (Å²) in [6, 6.07) is 10.2. The second kappa shape index (κ2) is 8.25. The first-order valence-electron chi connectivity index (χ1n) is 6.78. The third-order valence-corrected chi connectivity index (χ3v) is 3.97. The van der Waals surface area contributed by atoms with Crippen molar-refractivity contribution in [2.75, 3.05) is 6.26 Å². The highest BCUT2D eigenvalue weighted by molar-refractivity contribution is 7.98. The van der Waals surface area contributed by atoms with Crippen LogP contribution in [0.4, 0.5) is 0 Å². The fourth-order valence-electron chi connectivity index (χ4n) is 1.76. The van der Waals surface area contributed by atoms with E-state index in [1.165, 1.54) is 11.8 Å². The van der Waals surface area contributed by atoms with Crippen molar-refractivity contribution >= 4 is 52.5 Å². The number of rotatable bonds is 5. The second-order valence-corrected chi connectivity index (χ2v) is 7.86. The highest BCUT2D eigenvalue weighted by Gasteiger charge is 2.36. The van der Waals surface area contributed by atoms with Gasteiger partial charge < -0.3 is 10.1 Å². The Labute approximate surface area is 159 Å². The molecule has 1 aromatic heterocycles. The topological polar surface area (TPSA) is 64.1 Å². The Morgan fingerprint density at radius 1 is 1.25 bits per heavy atom. The summed E-state index contributed by atoms with van der Waals surface area (Å²) in [6.07, 6.45) is 0.613. The lowest BCUT2D eigenvalue weighted by molar-refractivity contribution is 0.0824. The van der Waals surface area contributed by atoms with E-state index in [0.717, 1.165) is 0 Å². The third kappa shape index (κ3) is 5.41. The third-order valence-electron chi connectivity index (χ3n) is 2.83. The van der Waals surface area contributed by atoms with Crippen LogP contribution in [0.15, 0.2) is 41.6 Å². The monoisotopic (exact) mass is 405 g/mol. The van der Waals surface area contributed by atoms with Gasteiger partial charge in [-0.3, -0.25) is 4.79 Å². The molecule has 0 spiro atoms. The molecule has 0 aliphatic heterocycles. The fourth-order valence-corrected chi connectivity index (χ4v) is 2.47. The van der Waals surface area contributed by atoms with Crippen molar-refractivity contribution in [3.05, 3.63) is 47.7 Å². The number of alkyl halides is 3. The van der Waals surface area contributed by atoms with Crippen LogP contribution in [-0.2, 0) is 0 Å². The Hall–Kier alpha value is -1.21. The van der Waals surface area contributed by atoms with Gasteiger partial charge in [-0.25, -0.2) is 4.98 Å². The van der Waals surface area contributed by atoms with E-state index in [0.29, 0.717) is 16.4 Å². The van der Waals surface area contributed by atoms with E-state index in [-0.39, 0.29) is 5.88 Å². The van der Waals surface area contributed by atoms with E-state index in [1.807, 2.05) is 6.26 Å². The van der Waals surface area contributed by atoms with Gasteiger partial charge in [-0.2, -0.15) is 4.98 Å². The van der Waals surface area contributed by atoms with Crippen LogP contribution in [0.2, 0.25) is 0 Å². The Morgan fingerprint density at radius 2 is 1.92 bits per heavy atom. The van der Waals surface area contributed by atoms with Gasteiger partial charge in [0.1, 0.15) is 0 Å². The van der Waals surface area contributed by atoms with Crippen LogP contribution in [-0.4, -0.2) is 32.2 Å². The smallest absolute Gasteiger partial charge is 0.254 e. The zero-order valence-electron chi connectivity index (χ0n) is 12.8. The molecule has 0 aliphatic rings. The number of carbonyl (C=O) groups is 1. The number of carbonyl (C=O) groups excluding carboxylic acids is 1. The molecule has 5 nitrogen and oxygen atoms in total. The molecule has 1 unspecified atom stereocenters. The fraction of sp³-hybridized carbons (Fsp3) is 0.267. The number of nitrogens with one attached hydrogen (secondary N) is 1. The first-order chi connectivity index (χ1) is 11.3. The zero-order chi connectivity index (χ0) is 17.7. The number of aromatic nitrogens is 2. The molecular formula is C15H14Cl3N3O2S. The minimum atomic E-state index is -1.89. The molecule has 0 aliphatic carbocycles. The van der Waals surface area contributed by atoms with E-state index in [1.54, 1.807) is 43.3 Å². The van der Waals surface area contributed by atoms with Gasteiger partial charge in [0.25, 0.3) is 5.91 Å². The van der Waals surface area contributed by atoms with Crippen LogP contribution >= 0.6 is 46.6 Å². The van der Waals surface area contributed by atoms with Crippen LogP contribution in [0, 0.1) is 6.92 Å². The van der Waals surface area contributed by atoms with E-state index < -0.39 is 15.9 Å². The molecule has 128 valence electrons. The van der Waals surface area contributed by atoms with Crippen molar-refractivity contribution in [3.8, 4) is 5.88 Å². The number of thioether (sulfide) groups is 1. The predicted molar refractivity (Wildman–Crippen MR) is 97.2 cm³/mol. The first-order valence-corrected chi connectivity index (χ1v) is 9.14. The molecule has 0 radical (unpaired) electrons. The van der Waals surface area contributed by atoms with Crippen molar-refractivity contribution < 1.29 is 9.53 Å². The van der Waals surface area contributed by atoms with Crippen molar-refractivity contribution in [1.82, 2.24) is 15.3 Å². The summed E-state index contributed by atoms with van der Waals surface area (Å²) in [5, 5.41) is 3.07. The summed E-state index contributed by atoms with van der Waals surface area (Å²) in [6.45, 7) is 1.79. The molecule has 1 atom stereocenters. The van der Waals surface area contributed by atoms with E-state index in [2.05, 4.69) is 15.3 Å². The largest absolute Gasteiger partial charge is 0.449 e. The molecular weight excluding hydrogens is 393 g/mol. The maximum absolute atomic E-state index is 12.3. The number of hydrogen-bond donors (Lipinski definition) is 1. The lowest BCUT2D eigenvalue weighted by atomic mass is 10.2. The van der Waals surface area contributed by atoms with Crippen LogP contribution in [0.5, 0.6) is 5.88 Å². The number of benzene rings is 1. The minimum absolute atomic E-state index is 0.205. The number of halogens is 3. The Bertz CT molecular complexity index is 711. The molecule has 1 N–H and O–H groups in total. The molecule has 0 bridgehead atoms. The van der Waals surface area contributed by atoms with Crippen LogP contribution in [0.3, 0.4) is 0 Å². The maximum atomic E-state index is 12.3. The molecule has 9 heteroatoms. The van der Waals surface area contributed by atoms with Gasteiger partial charge in [-0.1, -0.05) is 64.8 Å². The summed E-state index contributed by atoms with van der Waals surface area (Å²) in [5.74, 6) is -0.223. The summed E-state index contributed by atoms with van der Waals surface area (Å²) < 4.78 is 3.72. The molecule has 2 rings (SSSR count). The zero-order valence-corrected chi connectivity index (χ0v) is 15.9. The van der Waals surface area contributed by atoms with E-state index in [4.69, 9.17) is 39.5 Å². The highest BCUT2D eigenvalue weighted by atomic mass is 35.6. The molecule has 1 heterocycles. The van der Waals surface area contributed by atoms with Gasteiger partial charge in [0.15, 0.2) is 5.16 Å². The normalized spacial score (nSPS) is 12.5. The summed E-state index contributed by atoms with van der Waals surface area (Å²) in [4.78, 5) is 20.7. The maximum Gasteiger partial charge on any atom is 0.254 e. The standard InChI is InChI=1S/C15H14Cl3N3O2S/c1-9-8-11(20-14(19-9)24-2)23-13(15(16,17)18)21-12(22)10-6-4-3-5-7-10/h3-8,13H,1-2H3,(H,21,22). The predicted octanol–water partition coefficient (Wildman–Crippen LogP) is 4.01. The van der Waals surface area contributed by atoms with Crippen LogP contribution in [0.1, 0.15) is 16.1 Å². The molecule has 0 saturated heterocycles. The average molecular weight is 407 g/mol. The van der Waals surface area contributed by atoms with Gasteiger partial charge >= 0.3 is 0 Å². The average Bonchev–Trinajstić information content (AvgIpc) is 2.53. The minimum Gasteiger partial charge on any atom is -0.449 e. The van der Waals surface area contributed by atoms with Crippen molar-refractivity contribution in [2.24, 2.45) is 0 Å². The van der Waals surface area contributed by atoms with Crippen molar-refractivity contribution in [2.45, 2.75) is 22.1 Å². The molecule has 2 aromatic rings. The summed E-state index contributed by atoms with van der Waals surface area (Å²) in [7, 11) is 0. The molecule has 0 fully saturated rings. The van der Waals surface area contributed by atoms with Gasteiger partial charge in [0.05, 0.1) is 0 Å². The van der Waals surface area contributed by atoms with Crippen LogP contribution in [0.25, 0.3) is 0 Å². The molecule has 1 amide bonds. The van der Waals surface area contributed by atoms with Gasteiger partial charge in [-0.05, 0) is 25.3 Å². The molecule has 1 aromatic carbocycles. The Morgan fingerprint density at radius 3 is 2.50 bits per heavy atom. The Balaban J connectivity index is 2.21. The molecule has 24 heavy (non-hydrogen) atoms. The summed E-state index contributed by atoms with van der Waals surface area (Å²) >= 11 is 19.2. The first kappa shape index (κ1) is 19.1. The van der Waals surface area contributed by atoms with Gasteiger partial charge in [0.2, 0.25) is 15.9 Å². The van der Waals surface area contributed by atoms with Crippen molar-refractivity contribution in [1.29, 1.82) is 0 Å². The SMILES string of the molecule is CSc1nc(C)cc(OC(NC(=O)c2ccccc2)C(Cl)(Cl)Cl)n1. The molecule has 0 saturated carbocycles. The van der Waals surface area contributed by atoms with Crippen LogP contribution < -0.4 is 10.1 Å². The van der Waals surface area contributed by atoms with E-state index >= 15 is 0 Å². The number of ether oxygens (including phenoxy) is 1. The quantitative estimate of drug-likeness (QED) is 0.352. The van der Waals surface area contributed by atoms with Crippen molar-refractivity contribution in [3.63, 3.8) is 0 Å². The lowest BCUT2D eigenvalue weighted by Gasteiger charge is -2.25. The number of hydrogen-bond acceptors (Lipinski definition) is 5. The van der Waals surface area contributed by atoms with Gasteiger partial charge in [0, 0.05) is 17.3 Å². The van der Waals surface area contributed by atoms with Gasteiger partial charge in [-0.15, -0.1) is 0 Å². The second-order valence-electron chi connectivity index (χ2n) is 4.71. The summed E-state index contributed by atoms with van der Waals surface area (Å²) in [5.41, 5.74) is 1.12. The lowest BCUT2D eigenvalue weighted by Crippen LogP contribution is -2.48. The van der Waals surface area contributed by atoms with E-state index in [9.17, 15) is 4.79 Å².